The van der Waals surface area contributed by atoms with E-state index in [-0.39, 0.29) is 11.3 Å². The number of carbonyl (C=O) groups is 1. The lowest BCUT2D eigenvalue weighted by Crippen LogP contribution is -2.30. The second-order valence-electron chi connectivity index (χ2n) is 5.38. The van der Waals surface area contributed by atoms with Gasteiger partial charge in [-0.2, -0.15) is 22.0 Å². The van der Waals surface area contributed by atoms with Gasteiger partial charge in [0.1, 0.15) is 5.75 Å². The summed E-state index contributed by atoms with van der Waals surface area (Å²) in [5.41, 5.74) is -5.57. The highest BCUT2D eigenvalue weighted by atomic mass is 32.2. The molecule has 0 atom stereocenters. The van der Waals surface area contributed by atoms with Gasteiger partial charge in [-0.25, -0.2) is 0 Å². The van der Waals surface area contributed by atoms with Crippen molar-refractivity contribution in [3.8, 4) is 5.75 Å². The van der Waals surface area contributed by atoms with E-state index in [0.717, 1.165) is 12.1 Å². The van der Waals surface area contributed by atoms with Crippen molar-refractivity contribution in [3.05, 3.63) is 23.3 Å². The monoisotopic (exact) mass is 356 g/mol. The molecule has 1 aromatic carbocycles. The highest BCUT2D eigenvalue weighted by Gasteiger charge is 2.50. The quantitative estimate of drug-likeness (QED) is 0.454. The van der Waals surface area contributed by atoms with E-state index in [2.05, 4.69) is 0 Å². The fraction of sp³-hybridized carbons (Fsp3) is 0.500. The van der Waals surface area contributed by atoms with Crippen molar-refractivity contribution >= 4 is 17.5 Å². The van der Waals surface area contributed by atoms with Crippen LogP contribution in [0.5, 0.6) is 5.75 Å². The highest BCUT2D eigenvalue weighted by Crippen LogP contribution is 2.47. The van der Waals surface area contributed by atoms with Crippen molar-refractivity contribution < 1.29 is 36.2 Å². The summed E-state index contributed by atoms with van der Waals surface area (Å²) in [6, 6.07) is 2.10. The van der Waals surface area contributed by atoms with Gasteiger partial charge in [0.15, 0.2) is 0 Å². The van der Waals surface area contributed by atoms with E-state index >= 15 is 0 Å². The van der Waals surface area contributed by atoms with Crippen molar-refractivity contribution in [3.63, 3.8) is 0 Å². The molecule has 0 N–H and O–H groups in total. The first-order valence-corrected chi connectivity index (χ1v) is 7.26. The predicted octanol–water partition coefficient (Wildman–Crippen LogP) is 4.43. The molecule has 0 unspecified atom stereocenters. The van der Waals surface area contributed by atoms with E-state index in [9.17, 15) is 26.7 Å². The molecule has 3 nitrogen and oxygen atoms in total. The zero-order valence-electron chi connectivity index (χ0n) is 12.4. The Morgan fingerprint density at radius 2 is 1.83 bits per heavy atom. The Balaban J connectivity index is 2.54. The summed E-state index contributed by atoms with van der Waals surface area (Å²) in [5, 5.41) is 0. The van der Waals surface area contributed by atoms with Crippen molar-refractivity contribution in [1.82, 2.24) is 0 Å². The van der Waals surface area contributed by atoms with Crippen molar-refractivity contribution in [2.75, 3.05) is 7.11 Å². The van der Waals surface area contributed by atoms with Crippen molar-refractivity contribution in [2.45, 2.75) is 42.4 Å². The average Bonchev–Trinajstić information content (AvgIpc) is 2.63. The zero-order valence-corrected chi connectivity index (χ0v) is 13.2. The number of thioether (sulfide) groups is 1. The first-order valence-electron chi connectivity index (χ1n) is 6.45. The van der Waals surface area contributed by atoms with E-state index in [4.69, 9.17) is 9.47 Å². The summed E-state index contributed by atoms with van der Waals surface area (Å²) >= 11 is -0.598. The Morgan fingerprint density at radius 3 is 2.35 bits per heavy atom. The van der Waals surface area contributed by atoms with Crippen LogP contribution in [0.3, 0.4) is 0 Å². The number of carbonyl (C=O) groups excluding carboxylic acids is 1. The van der Waals surface area contributed by atoms with Crippen LogP contribution in [0.25, 0.3) is 0 Å². The molecular formula is C14H13F5O3S. The van der Waals surface area contributed by atoms with Gasteiger partial charge >= 0.3 is 11.4 Å². The highest BCUT2D eigenvalue weighted by molar-refractivity contribution is 8.00. The molecule has 0 heterocycles. The molecule has 1 aliphatic carbocycles. The fourth-order valence-electron chi connectivity index (χ4n) is 2.13. The maximum atomic E-state index is 13.7. The normalized spacial score (nSPS) is 17.3. The molecule has 128 valence electrons. The summed E-state index contributed by atoms with van der Waals surface area (Å²) < 4.78 is 75.6. The molecule has 0 aliphatic heterocycles. The van der Waals surface area contributed by atoms with Crippen LogP contribution in [0, 0.1) is 0 Å². The number of ketones is 1. The van der Waals surface area contributed by atoms with Crippen LogP contribution in [0.1, 0.15) is 29.8 Å². The zero-order chi connectivity index (χ0) is 17.6. The van der Waals surface area contributed by atoms with Gasteiger partial charge in [0.05, 0.1) is 0 Å². The number of hydrogen-bond acceptors (Lipinski definition) is 4. The van der Waals surface area contributed by atoms with E-state index in [1.54, 1.807) is 0 Å². The van der Waals surface area contributed by atoms with Gasteiger partial charge < -0.3 is 9.47 Å². The molecule has 0 saturated heterocycles. The van der Waals surface area contributed by atoms with Gasteiger partial charge in [0, 0.05) is 43.4 Å². The molecule has 1 aliphatic rings. The summed E-state index contributed by atoms with van der Waals surface area (Å²) in [7, 11) is 1.33. The molecule has 9 heteroatoms. The second-order valence-corrected chi connectivity index (χ2v) is 6.49. The summed E-state index contributed by atoms with van der Waals surface area (Å²) in [6.45, 7) is 3.01. The number of rotatable bonds is 4. The molecule has 0 fully saturated rings. The SMILES string of the molecule is COC(C)(C)Oc1ccc(SC(F)(F)F)c2c1CC(F)(F)C2=O. The number of benzene rings is 1. The molecule has 23 heavy (non-hydrogen) atoms. The maximum Gasteiger partial charge on any atom is 0.446 e. The van der Waals surface area contributed by atoms with Crippen LogP contribution < -0.4 is 4.74 Å². The minimum absolute atomic E-state index is 0.0936. The van der Waals surface area contributed by atoms with Gasteiger partial charge in [0.2, 0.25) is 11.6 Å². The number of alkyl halides is 5. The Kier molecular flexibility index (Phi) is 4.40. The van der Waals surface area contributed by atoms with Crippen LogP contribution in [0.2, 0.25) is 0 Å². The van der Waals surface area contributed by atoms with Gasteiger partial charge in [-0.05, 0) is 23.9 Å². The standard InChI is InChI=1S/C14H13F5O3S/c1-12(2,21-3)22-8-4-5-9(23-14(17,18)19)10-7(8)6-13(15,16)11(10)20/h4-5H,6H2,1-3H3. The topological polar surface area (TPSA) is 35.5 Å². The summed E-state index contributed by atoms with van der Waals surface area (Å²) in [6.07, 6.45) is -0.997. The largest absolute Gasteiger partial charge is 0.463 e. The van der Waals surface area contributed by atoms with E-state index in [0.29, 0.717) is 0 Å². The van der Waals surface area contributed by atoms with Gasteiger partial charge in [-0.15, -0.1) is 0 Å². The number of fused-ring (bicyclic) bond motifs is 1. The van der Waals surface area contributed by atoms with Crippen LogP contribution in [-0.2, 0) is 11.2 Å². The van der Waals surface area contributed by atoms with Gasteiger partial charge in [-0.1, -0.05) is 0 Å². The second kappa shape index (κ2) is 5.62. The number of ether oxygens (including phenoxy) is 2. The Labute approximate surface area is 133 Å². The number of methoxy groups -OCH3 is 1. The third kappa shape index (κ3) is 3.77. The molecule has 1 aromatic rings. The first-order chi connectivity index (χ1) is 10.4. The third-order valence-electron chi connectivity index (χ3n) is 3.26. The van der Waals surface area contributed by atoms with Crippen molar-refractivity contribution in [1.29, 1.82) is 0 Å². The van der Waals surface area contributed by atoms with Crippen LogP contribution in [0.15, 0.2) is 17.0 Å². The Morgan fingerprint density at radius 1 is 1.22 bits per heavy atom. The number of hydrogen-bond donors (Lipinski definition) is 0. The van der Waals surface area contributed by atoms with Crippen LogP contribution in [0.4, 0.5) is 22.0 Å². The first kappa shape index (κ1) is 18.0. The Hall–Kier alpha value is -1.35. The van der Waals surface area contributed by atoms with Crippen molar-refractivity contribution in [2.24, 2.45) is 0 Å². The molecule has 0 bridgehead atoms. The molecule has 0 saturated carbocycles. The lowest BCUT2D eigenvalue weighted by Gasteiger charge is -2.26. The lowest BCUT2D eigenvalue weighted by molar-refractivity contribution is -0.134. The van der Waals surface area contributed by atoms with Gasteiger partial charge in [-0.3, -0.25) is 4.79 Å². The summed E-state index contributed by atoms with van der Waals surface area (Å²) in [5.74, 6) is -6.66. The predicted molar refractivity (Wildman–Crippen MR) is 73.1 cm³/mol. The molecular weight excluding hydrogens is 343 g/mol. The molecule has 0 amide bonds. The summed E-state index contributed by atoms with van der Waals surface area (Å²) in [4.78, 5) is 11.2. The smallest absolute Gasteiger partial charge is 0.446 e. The fourth-order valence-corrected chi connectivity index (χ4v) is 2.83. The molecule has 0 spiro atoms. The maximum absolute atomic E-state index is 13.7. The Bertz CT molecular complexity index is 640. The third-order valence-corrected chi connectivity index (χ3v) is 4.05. The number of halogens is 5. The van der Waals surface area contributed by atoms with E-state index < -0.39 is 51.6 Å². The van der Waals surface area contributed by atoms with Crippen LogP contribution in [-0.4, -0.2) is 30.1 Å². The minimum Gasteiger partial charge on any atom is -0.463 e. The minimum atomic E-state index is -4.69. The molecule has 0 radical (unpaired) electrons. The van der Waals surface area contributed by atoms with E-state index in [1.807, 2.05) is 0 Å². The average molecular weight is 356 g/mol. The lowest BCUT2D eigenvalue weighted by atomic mass is 10.1. The van der Waals surface area contributed by atoms with Gasteiger partial charge in [0.25, 0.3) is 0 Å². The van der Waals surface area contributed by atoms with Crippen LogP contribution >= 0.6 is 11.8 Å². The van der Waals surface area contributed by atoms with E-state index in [1.165, 1.54) is 21.0 Å². The molecule has 2 rings (SSSR count). The molecule has 0 aromatic heterocycles. The number of Topliss-reactive ketones (excluding diaryl/α,β-unsaturated/α-hetero) is 1.